The van der Waals surface area contributed by atoms with Gasteiger partial charge in [-0.25, -0.2) is 0 Å². The lowest BCUT2D eigenvalue weighted by Gasteiger charge is -2.43. The van der Waals surface area contributed by atoms with Gasteiger partial charge in [0.15, 0.2) is 0 Å². The van der Waals surface area contributed by atoms with Gasteiger partial charge in [-0.05, 0) is 49.1 Å². The number of anilines is 1. The highest BCUT2D eigenvalue weighted by Crippen LogP contribution is 2.38. The number of nitrogens with zero attached hydrogens (tertiary/aromatic N) is 3. The molecule has 2 aromatic rings. The lowest BCUT2D eigenvalue weighted by Crippen LogP contribution is -2.46. The largest absolute Gasteiger partial charge is 0.337 e. The highest BCUT2D eigenvalue weighted by molar-refractivity contribution is 6.03. The number of carbonyl (C=O) groups excluding carboxylic acids is 1. The third kappa shape index (κ3) is 2.50. The first-order valence-corrected chi connectivity index (χ1v) is 7.72. The van der Waals surface area contributed by atoms with E-state index in [1.54, 1.807) is 12.1 Å². The molecule has 3 fully saturated rings. The van der Waals surface area contributed by atoms with Gasteiger partial charge in [-0.3, -0.25) is 10.1 Å². The van der Waals surface area contributed by atoms with Crippen LogP contribution in [0.15, 0.2) is 34.9 Å². The Kier molecular flexibility index (Phi) is 3.38. The first kappa shape index (κ1) is 13.5. The van der Waals surface area contributed by atoms with Crippen LogP contribution in [0.1, 0.15) is 35.0 Å². The van der Waals surface area contributed by atoms with Crippen molar-refractivity contribution in [3.63, 3.8) is 0 Å². The average molecular weight is 298 g/mol. The summed E-state index contributed by atoms with van der Waals surface area (Å²) in [6.07, 6.45) is 2.39. The van der Waals surface area contributed by atoms with Crippen LogP contribution in [0.5, 0.6) is 0 Å². The van der Waals surface area contributed by atoms with Gasteiger partial charge in [0.2, 0.25) is 5.89 Å². The summed E-state index contributed by atoms with van der Waals surface area (Å²) in [7, 11) is 0. The maximum absolute atomic E-state index is 12.1. The van der Waals surface area contributed by atoms with E-state index < -0.39 is 0 Å². The number of fused-ring (bicyclic) bond motifs is 3. The quantitative estimate of drug-likeness (QED) is 0.940. The second-order valence-electron chi connectivity index (χ2n) is 6.02. The second kappa shape index (κ2) is 5.53. The number of benzene rings is 1. The van der Waals surface area contributed by atoms with Crippen molar-refractivity contribution in [1.29, 1.82) is 0 Å². The molecule has 0 spiro atoms. The molecule has 0 aliphatic carbocycles. The molecule has 6 nitrogen and oxygen atoms in total. The maximum atomic E-state index is 12.1. The Morgan fingerprint density at radius 1 is 1.23 bits per heavy atom. The molecule has 1 atom stereocenters. The Balaban J connectivity index is 1.47. The Labute approximate surface area is 128 Å². The van der Waals surface area contributed by atoms with Crippen molar-refractivity contribution in [2.75, 3.05) is 25.0 Å². The molecule has 2 bridgehead atoms. The third-order valence-corrected chi connectivity index (χ3v) is 4.68. The summed E-state index contributed by atoms with van der Waals surface area (Å²) < 4.78 is 5.39. The van der Waals surface area contributed by atoms with Gasteiger partial charge in [0.1, 0.15) is 0 Å². The molecule has 1 unspecified atom stereocenters. The molecule has 1 N–H and O–H groups in total. The van der Waals surface area contributed by atoms with Gasteiger partial charge in [-0.2, -0.15) is 4.98 Å². The lowest BCUT2D eigenvalue weighted by atomic mass is 9.79. The molecule has 4 heterocycles. The maximum Gasteiger partial charge on any atom is 0.270 e. The highest BCUT2D eigenvalue weighted by Gasteiger charge is 2.38. The van der Waals surface area contributed by atoms with Gasteiger partial charge in [-0.1, -0.05) is 18.2 Å². The van der Waals surface area contributed by atoms with Crippen molar-refractivity contribution < 1.29 is 9.32 Å². The fourth-order valence-electron chi connectivity index (χ4n) is 3.44. The zero-order chi connectivity index (χ0) is 14.9. The highest BCUT2D eigenvalue weighted by atomic mass is 16.5. The first-order chi connectivity index (χ1) is 10.8. The van der Waals surface area contributed by atoms with E-state index in [0.717, 1.165) is 6.54 Å². The molecule has 0 radical (unpaired) electrons. The number of hydrogen-bond donors (Lipinski definition) is 1. The van der Waals surface area contributed by atoms with Crippen LogP contribution in [0, 0.1) is 5.92 Å². The number of carbonyl (C=O) groups is 1. The molecule has 0 saturated carbocycles. The smallest absolute Gasteiger partial charge is 0.270 e. The molecule has 114 valence electrons. The minimum Gasteiger partial charge on any atom is -0.337 e. The van der Waals surface area contributed by atoms with Gasteiger partial charge in [-0.15, -0.1) is 0 Å². The average Bonchev–Trinajstić information content (AvgIpc) is 3.05. The molecule has 3 saturated heterocycles. The minimum atomic E-state index is -0.220. The Morgan fingerprint density at radius 3 is 2.68 bits per heavy atom. The lowest BCUT2D eigenvalue weighted by molar-refractivity contribution is 0.0727. The standard InChI is InChI=1S/C16H18N4O2/c21-14(12-4-2-1-3-5-12)17-16-18-15(22-19-16)13-10-20-8-6-11(13)7-9-20/h1-5,11,13H,6-10H2,(H,17,19,21). The SMILES string of the molecule is O=C(Nc1noc(C2CN3CCC2CC3)n1)c1ccccc1. The fraction of sp³-hybridized carbons (Fsp3) is 0.438. The predicted molar refractivity (Wildman–Crippen MR) is 80.6 cm³/mol. The zero-order valence-electron chi connectivity index (χ0n) is 12.2. The summed E-state index contributed by atoms with van der Waals surface area (Å²) in [4.78, 5) is 18.9. The summed E-state index contributed by atoms with van der Waals surface area (Å²) in [5.74, 6) is 1.61. The number of aromatic nitrogens is 2. The van der Waals surface area contributed by atoms with Crippen LogP contribution in [0.25, 0.3) is 0 Å². The van der Waals surface area contributed by atoms with E-state index in [9.17, 15) is 4.79 Å². The molecule has 3 aliphatic rings. The van der Waals surface area contributed by atoms with Crippen LogP contribution in [-0.4, -0.2) is 40.6 Å². The summed E-state index contributed by atoms with van der Waals surface area (Å²) in [5, 5.41) is 6.60. The second-order valence-corrected chi connectivity index (χ2v) is 6.02. The molecule has 1 aromatic heterocycles. The van der Waals surface area contributed by atoms with E-state index in [1.807, 2.05) is 18.2 Å². The van der Waals surface area contributed by atoms with E-state index in [1.165, 1.54) is 25.9 Å². The van der Waals surface area contributed by atoms with Crippen molar-refractivity contribution in [3.05, 3.63) is 41.8 Å². The number of amides is 1. The number of piperidine rings is 3. The van der Waals surface area contributed by atoms with Crippen LogP contribution >= 0.6 is 0 Å². The Morgan fingerprint density at radius 2 is 2.00 bits per heavy atom. The fourth-order valence-corrected chi connectivity index (χ4v) is 3.44. The molecular formula is C16H18N4O2. The summed E-state index contributed by atoms with van der Waals surface area (Å²) in [6.45, 7) is 3.33. The van der Waals surface area contributed by atoms with Crippen LogP contribution in [0.3, 0.4) is 0 Å². The molecular weight excluding hydrogens is 280 g/mol. The number of rotatable bonds is 3. The van der Waals surface area contributed by atoms with Gasteiger partial charge >= 0.3 is 0 Å². The normalized spacial score (nSPS) is 26.8. The van der Waals surface area contributed by atoms with E-state index in [0.29, 0.717) is 23.3 Å². The molecule has 22 heavy (non-hydrogen) atoms. The van der Waals surface area contributed by atoms with Gasteiger partial charge in [0, 0.05) is 12.1 Å². The van der Waals surface area contributed by atoms with Gasteiger partial charge < -0.3 is 9.42 Å². The number of hydrogen-bond acceptors (Lipinski definition) is 5. The zero-order valence-corrected chi connectivity index (χ0v) is 12.2. The molecule has 1 aromatic carbocycles. The van der Waals surface area contributed by atoms with Crippen molar-refractivity contribution in [2.24, 2.45) is 5.92 Å². The minimum absolute atomic E-state index is 0.220. The van der Waals surface area contributed by atoms with Crippen molar-refractivity contribution in [2.45, 2.75) is 18.8 Å². The van der Waals surface area contributed by atoms with Crippen molar-refractivity contribution >= 4 is 11.9 Å². The monoisotopic (exact) mass is 298 g/mol. The number of nitrogens with one attached hydrogen (secondary N) is 1. The van der Waals surface area contributed by atoms with Crippen molar-refractivity contribution in [3.8, 4) is 0 Å². The van der Waals surface area contributed by atoms with E-state index >= 15 is 0 Å². The molecule has 5 rings (SSSR count). The molecule has 3 aliphatic heterocycles. The summed E-state index contributed by atoms with van der Waals surface area (Å²) >= 11 is 0. The Bertz CT molecular complexity index is 662. The van der Waals surface area contributed by atoms with Crippen LogP contribution < -0.4 is 5.32 Å². The van der Waals surface area contributed by atoms with Crippen LogP contribution in [0.4, 0.5) is 5.95 Å². The van der Waals surface area contributed by atoms with Gasteiger partial charge in [0.05, 0.1) is 5.92 Å². The third-order valence-electron chi connectivity index (χ3n) is 4.68. The predicted octanol–water partition coefficient (Wildman–Crippen LogP) is 2.13. The molecule has 6 heteroatoms. The first-order valence-electron chi connectivity index (χ1n) is 7.72. The van der Waals surface area contributed by atoms with Crippen LogP contribution in [0.2, 0.25) is 0 Å². The topological polar surface area (TPSA) is 71.3 Å². The van der Waals surface area contributed by atoms with E-state index in [2.05, 4.69) is 20.4 Å². The van der Waals surface area contributed by atoms with Gasteiger partial charge in [0.25, 0.3) is 11.9 Å². The van der Waals surface area contributed by atoms with E-state index in [-0.39, 0.29) is 11.9 Å². The summed E-state index contributed by atoms with van der Waals surface area (Å²) in [6, 6.07) is 9.03. The van der Waals surface area contributed by atoms with Crippen molar-refractivity contribution in [1.82, 2.24) is 15.0 Å². The van der Waals surface area contributed by atoms with E-state index in [4.69, 9.17) is 4.52 Å². The Hall–Kier alpha value is -2.21. The van der Waals surface area contributed by atoms with Crippen LogP contribution in [-0.2, 0) is 0 Å². The molecule has 1 amide bonds. The summed E-state index contributed by atoms with van der Waals surface area (Å²) in [5.41, 5.74) is 0.580.